The number of alkyl halides is 3. The van der Waals surface area contributed by atoms with E-state index >= 15 is 0 Å². The Kier molecular flexibility index (Phi) is 5.53. The van der Waals surface area contributed by atoms with E-state index in [1.54, 1.807) is 0 Å². The summed E-state index contributed by atoms with van der Waals surface area (Å²) in [5.41, 5.74) is -6.71. The van der Waals surface area contributed by atoms with Gasteiger partial charge in [0, 0.05) is 0 Å². The van der Waals surface area contributed by atoms with E-state index in [4.69, 9.17) is 19.7 Å². The standard InChI is InChI=1S/C20H19F3N2O9S2/c1-18-12-13(19(2,34-18)15(33-36(5,30)31)14(18)32-35(4,28)29)17(27)25(16(12)26)9-6-7-11(24-3)10(8-9)20(21,22)23/h6-8,14-15,26-27H,1-2,4-5H3/t14-,15-,18?,19?/m0/s1. The number of aromatic nitrogens is 1. The lowest BCUT2D eigenvalue weighted by atomic mass is 9.76. The molecule has 4 rings (SSSR count). The highest BCUT2D eigenvalue weighted by Crippen LogP contribution is 2.66. The van der Waals surface area contributed by atoms with Gasteiger partial charge >= 0.3 is 6.18 Å². The highest BCUT2D eigenvalue weighted by atomic mass is 32.2. The molecule has 1 aromatic carbocycles. The summed E-state index contributed by atoms with van der Waals surface area (Å²) >= 11 is 0. The van der Waals surface area contributed by atoms with E-state index in [2.05, 4.69) is 4.85 Å². The van der Waals surface area contributed by atoms with Crippen molar-refractivity contribution in [2.24, 2.45) is 0 Å². The Labute approximate surface area is 203 Å². The first kappa shape index (κ1) is 26.2. The van der Waals surface area contributed by atoms with Crippen molar-refractivity contribution in [2.45, 2.75) is 43.4 Å². The van der Waals surface area contributed by atoms with Gasteiger partial charge < -0.3 is 14.9 Å². The Morgan fingerprint density at radius 2 is 1.44 bits per heavy atom. The lowest BCUT2D eigenvalue weighted by Crippen LogP contribution is -2.49. The Morgan fingerprint density at radius 1 is 1.00 bits per heavy atom. The quantitative estimate of drug-likeness (QED) is 0.422. The summed E-state index contributed by atoms with van der Waals surface area (Å²) in [5, 5.41) is 22.1. The smallest absolute Gasteiger partial charge is 0.407 e. The van der Waals surface area contributed by atoms with Gasteiger partial charge in [0.1, 0.15) is 23.4 Å². The maximum atomic E-state index is 13.5. The van der Waals surface area contributed by atoms with Crippen LogP contribution in [0, 0.1) is 6.57 Å². The summed E-state index contributed by atoms with van der Waals surface area (Å²) < 4.78 is 105. The predicted molar refractivity (Wildman–Crippen MR) is 116 cm³/mol. The molecule has 2 N–H and O–H groups in total. The van der Waals surface area contributed by atoms with Gasteiger partial charge in [-0.05, 0) is 26.0 Å². The van der Waals surface area contributed by atoms with Crippen molar-refractivity contribution in [3.63, 3.8) is 0 Å². The van der Waals surface area contributed by atoms with Gasteiger partial charge in [-0.2, -0.15) is 30.0 Å². The van der Waals surface area contributed by atoms with E-state index in [-0.39, 0.29) is 16.8 Å². The van der Waals surface area contributed by atoms with Crippen molar-refractivity contribution in [3.8, 4) is 17.4 Å². The summed E-state index contributed by atoms with van der Waals surface area (Å²) in [6.45, 7) is 9.49. The number of halogens is 3. The predicted octanol–water partition coefficient (Wildman–Crippen LogP) is 2.62. The Hall–Kier alpha value is -2.84. The largest absolute Gasteiger partial charge is 0.494 e. The van der Waals surface area contributed by atoms with Crippen LogP contribution in [0.15, 0.2) is 18.2 Å². The van der Waals surface area contributed by atoms with Crippen LogP contribution in [0.3, 0.4) is 0 Å². The molecule has 16 heteroatoms. The van der Waals surface area contributed by atoms with E-state index in [1.165, 1.54) is 13.8 Å². The van der Waals surface area contributed by atoms with Gasteiger partial charge in [-0.3, -0.25) is 12.9 Å². The average Bonchev–Trinajstić information content (AvgIpc) is 3.20. The number of ether oxygens (including phenoxy) is 1. The van der Waals surface area contributed by atoms with E-state index < -0.39 is 72.8 Å². The molecule has 0 spiro atoms. The van der Waals surface area contributed by atoms with Crippen molar-refractivity contribution in [1.82, 2.24) is 4.57 Å². The second kappa shape index (κ2) is 7.59. The van der Waals surface area contributed by atoms with Gasteiger partial charge in [0.15, 0.2) is 5.69 Å². The van der Waals surface area contributed by atoms with Gasteiger partial charge in [-0.25, -0.2) is 4.85 Å². The first-order valence-electron chi connectivity index (χ1n) is 9.98. The molecular weight excluding hydrogens is 533 g/mol. The third-order valence-corrected chi connectivity index (χ3v) is 7.23. The molecule has 1 fully saturated rings. The molecule has 1 saturated heterocycles. The van der Waals surface area contributed by atoms with Crippen molar-refractivity contribution in [3.05, 3.63) is 46.3 Å². The lowest BCUT2D eigenvalue weighted by Gasteiger charge is -2.34. The molecule has 2 aromatic rings. The third kappa shape index (κ3) is 3.82. The number of fused-ring (bicyclic) bond motifs is 5. The summed E-state index contributed by atoms with van der Waals surface area (Å²) in [7, 11) is -8.49. The monoisotopic (exact) mass is 552 g/mol. The fourth-order valence-corrected chi connectivity index (χ4v) is 6.22. The van der Waals surface area contributed by atoms with Crippen molar-refractivity contribution < 1.29 is 53.3 Å². The van der Waals surface area contributed by atoms with Crippen molar-refractivity contribution in [2.75, 3.05) is 12.5 Å². The normalized spacial score (nSPS) is 27.7. The second-order valence-electron chi connectivity index (χ2n) is 8.80. The van der Waals surface area contributed by atoms with Crippen LogP contribution in [-0.4, -0.2) is 56.3 Å². The number of hydrogen-bond acceptors (Lipinski definition) is 9. The molecule has 3 heterocycles. The number of aromatic hydroxyl groups is 2. The minimum Gasteiger partial charge on any atom is -0.494 e. The average molecular weight is 553 g/mol. The minimum absolute atomic E-state index is 0.229. The maximum absolute atomic E-state index is 13.5. The fourth-order valence-electron chi connectivity index (χ4n) is 4.90. The van der Waals surface area contributed by atoms with Gasteiger partial charge in [0.05, 0.1) is 41.5 Å². The van der Waals surface area contributed by atoms with Crippen LogP contribution in [0.25, 0.3) is 10.5 Å². The van der Waals surface area contributed by atoms with Crippen LogP contribution in [0.2, 0.25) is 0 Å². The van der Waals surface area contributed by atoms with Crippen LogP contribution in [-0.2, 0) is 50.7 Å². The summed E-state index contributed by atoms with van der Waals surface area (Å²) in [6, 6.07) is 2.46. The molecule has 4 atom stereocenters. The Bertz CT molecular complexity index is 1470. The van der Waals surface area contributed by atoms with E-state index in [1.807, 2.05) is 0 Å². The number of hydrogen-bond donors (Lipinski definition) is 2. The Balaban J connectivity index is 1.99. The van der Waals surface area contributed by atoms with Crippen LogP contribution in [0.4, 0.5) is 18.9 Å². The molecule has 11 nitrogen and oxygen atoms in total. The van der Waals surface area contributed by atoms with Crippen LogP contribution >= 0.6 is 0 Å². The highest BCUT2D eigenvalue weighted by molar-refractivity contribution is 7.86. The van der Waals surface area contributed by atoms with Gasteiger partial charge in [-0.1, -0.05) is 6.07 Å². The molecule has 2 aliphatic heterocycles. The molecule has 1 aromatic heterocycles. The van der Waals surface area contributed by atoms with Gasteiger partial charge in [0.25, 0.3) is 20.2 Å². The van der Waals surface area contributed by atoms with Crippen LogP contribution < -0.4 is 0 Å². The van der Waals surface area contributed by atoms with Crippen molar-refractivity contribution in [1.29, 1.82) is 0 Å². The molecule has 0 saturated carbocycles. The fraction of sp³-hybridized carbons (Fsp3) is 0.450. The summed E-state index contributed by atoms with van der Waals surface area (Å²) in [4.78, 5) is 2.84. The SMILES string of the molecule is [C-]#[N+]c1ccc(-n2c(O)c3c(c2O)C2(C)OC3(C)[C@@H](OS(C)(=O)=O)[C@@H]2OS(C)(=O)=O)cc1C(F)(F)F. The topological polar surface area (TPSA) is 146 Å². The first-order valence-corrected chi connectivity index (χ1v) is 13.6. The molecule has 2 unspecified atom stereocenters. The van der Waals surface area contributed by atoms with E-state index in [0.717, 1.165) is 12.1 Å². The molecule has 2 bridgehead atoms. The molecule has 196 valence electrons. The summed E-state index contributed by atoms with van der Waals surface area (Å²) in [6.07, 6.45) is -6.88. The first-order chi connectivity index (χ1) is 16.2. The zero-order valence-corrected chi connectivity index (χ0v) is 20.6. The summed E-state index contributed by atoms with van der Waals surface area (Å²) in [5.74, 6) is -1.62. The van der Waals surface area contributed by atoms with Crippen LogP contribution in [0.5, 0.6) is 11.8 Å². The molecule has 0 radical (unpaired) electrons. The second-order valence-corrected chi connectivity index (χ2v) is 12.0. The highest BCUT2D eigenvalue weighted by Gasteiger charge is 2.72. The van der Waals surface area contributed by atoms with Gasteiger partial charge in [0.2, 0.25) is 11.8 Å². The zero-order chi connectivity index (χ0) is 27.2. The van der Waals surface area contributed by atoms with E-state index in [0.29, 0.717) is 23.1 Å². The van der Waals surface area contributed by atoms with Crippen molar-refractivity contribution >= 4 is 25.9 Å². The third-order valence-electron chi connectivity index (χ3n) is 6.12. The number of rotatable bonds is 5. The molecule has 0 aliphatic carbocycles. The molecule has 2 aliphatic rings. The Morgan fingerprint density at radius 3 is 1.81 bits per heavy atom. The molecular formula is C20H19F3N2O9S2. The molecule has 0 amide bonds. The number of benzene rings is 1. The minimum atomic E-state index is -4.93. The van der Waals surface area contributed by atoms with Crippen LogP contribution in [0.1, 0.15) is 30.5 Å². The maximum Gasteiger partial charge on any atom is 0.407 e. The van der Waals surface area contributed by atoms with Gasteiger partial charge in [-0.15, -0.1) is 0 Å². The molecule has 36 heavy (non-hydrogen) atoms. The zero-order valence-electron chi connectivity index (χ0n) is 19.0. The lowest BCUT2D eigenvalue weighted by molar-refractivity contribution is -0.136. The number of nitrogens with zero attached hydrogens (tertiary/aromatic N) is 2. The van der Waals surface area contributed by atoms with E-state index in [9.17, 15) is 40.2 Å².